The number of hydrogen-bond acceptors (Lipinski definition) is 6. The van der Waals surface area contributed by atoms with Crippen LogP contribution in [0.15, 0.2) is 0 Å². The fourth-order valence-corrected chi connectivity index (χ4v) is 5.79. The lowest BCUT2D eigenvalue weighted by Gasteiger charge is -2.24. The number of Topliss-reactive ketones (excluding diaryl/α,β-unsaturated/α-hetero) is 2. The van der Waals surface area contributed by atoms with Crippen molar-refractivity contribution in [3.05, 3.63) is 0 Å². The van der Waals surface area contributed by atoms with Gasteiger partial charge in [0.1, 0.15) is 11.6 Å². The Morgan fingerprint density at radius 3 is 1.45 bits per heavy atom. The first kappa shape index (κ1) is 35.4. The predicted molar refractivity (Wildman–Crippen MR) is 162 cm³/mol. The van der Waals surface area contributed by atoms with E-state index in [-0.39, 0.29) is 4.75 Å². The number of likely N-dealkylation sites (tertiary alicyclic amines) is 1. The predicted octanol–water partition coefficient (Wildman–Crippen LogP) is 4.82. The van der Waals surface area contributed by atoms with E-state index in [1.165, 1.54) is 38.8 Å². The number of rotatable bonds is 2. The summed E-state index contributed by atoms with van der Waals surface area (Å²) in [5, 5.41) is 0. The lowest BCUT2D eigenvalue weighted by Crippen LogP contribution is -2.39. The van der Waals surface area contributed by atoms with Crippen LogP contribution in [0.2, 0.25) is 0 Å². The average Bonchev–Trinajstić information content (AvgIpc) is 2.99. The van der Waals surface area contributed by atoms with Crippen LogP contribution in [0.25, 0.3) is 0 Å². The molecule has 0 aromatic heterocycles. The van der Waals surface area contributed by atoms with E-state index in [1.54, 1.807) is 0 Å². The van der Waals surface area contributed by atoms with Crippen molar-refractivity contribution in [1.29, 1.82) is 0 Å². The highest BCUT2D eigenvalue weighted by atomic mass is 32.2. The molecule has 38 heavy (non-hydrogen) atoms. The molecular formula is C30H60N4O3S. The van der Waals surface area contributed by atoms with Crippen molar-refractivity contribution in [2.75, 3.05) is 60.4 Å². The molecule has 0 saturated carbocycles. The normalized spacial score (nSPS) is 25.3. The molecule has 2 atom stereocenters. The second-order valence-electron chi connectivity index (χ2n) is 12.6. The van der Waals surface area contributed by atoms with Crippen LogP contribution in [0.4, 0.5) is 0 Å². The second kappa shape index (κ2) is 20.2. The maximum absolute atomic E-state index is 12.1. The van der Waals surface area contributed by atoms with Crippen molar-refractivity contribution in [2.45, 2.75) is 121 Å². The highest BCUT2D eigenvalue weighted by Crippen LogP contribution is 2.16. The summed E-state index contributed by atoms with van der Waals surface area (Å²) in [6.45, 7) is 12.9. The van der Waals surface area contributed by atoms with Crippen molar-refractivity contribution in [3.8, 4) is 0 Å². The summed E-state index contributed by atoms with van der Waals surface area (Å²) in [5.41, 5.74) is 0. The number of nitrogens with one attached hydrogen (secondary N) is 1. The van der Waals surface area contributed by atoms with E-state index in [1.807, 2.05) is 20.8 Å². The molecule has 7 nitrogen and oxygen atoms in total. The van der Waals surface area contributed by atoms with Crippen LogP contribution in [-0.4, -0.2) is 102 Å². The summed E-state index contributed by atoms with van der Waals surface area (Å²) in [6, 6.07) is 0.432. The number of ketones is 2. The Balaban J connectivity index is 0.000000299. The van der Waals surface area contributed by atoms with Gasteiger partial charge in [0.2, 0.25) is 0 Å². The molecule has 0 aromatic rings. The van der Waals surface area contributed by atoms with E-state index in [2.05, 4.69) is 40.6 Å². The zero-order chi connectivity index (χ0) is 28.4. The molecule has 8 heteroatoms. The summed E-state index contributed by atoms with van der Waals surface area (Å²) >= 11 is 0. The van der Waals surface area contributed by atoms with Gasteiger partial charge in [0.25, 0.3) is 0 Å². The Bertz CT molecular complexity index is 671. The molecule has 0 amide bonds. The van der Waals surface area contributed by atoms with Crippen LogP contribution in [0.3, 0.4) is 0 Å². The molecule has 3 saturated heterocycles. The summed E-state index contributed by atoms with van der Waals surface area (Å²) in [7, 11) is 5.52. The third-order valence-electron chi connectivity index (χ3n) is 7.50. The fourth-order valence-electron chi connectivity index (χ4n) is 4.90. The highest BCUT2D eigenvalue weighted by molar-refractivity contribution is 7.84. The smallest absolute Gasteiger partial charge is 0.133 e. The summed E-state index contributed by atoms with van der Waals surface area (Å²) in [6.07, 6.45) is 14.6. The van der Waals surface area contributed by atoms with Crippen molar-refractivity contribution in [1.82, 2.24) is 19.4 Å². The maximum atomic E-state index is 12.1. The minimum absolute atomic E-state index is 0.158. The first-order valence-corrected chi connectivity index (χ1v) is 16.4. The summed E-state index contributed by atoms with van der Waals surface area (Å²) in [4.78, 5) is 29.0. The van der Waals surface area contributed by atoms with Crippen LogP contribution < -0.4 is 4.72 Å². The van der Waals surface area contributed by atoms with Crippen LogP contribution in [-0.2, 0) is 20.6 Å². The van der Waals surface area contributed by atoms with Gasteiger partial charge in [-0.2, -0.15) is 0 Å². The molecule has 1 unspecified atom stereocenters. The Morgan fingerprint density at radius 1 is 0.605 bits per heavy atom. The van der Waals surface area contributed by atoms with Gasteiger partial charge in [-0.15, -0.1) is 0 Å². The molecular weight excluding hydrogens is 496 g/mol. The van der Waals surface area contributed by atoms with Crippen molar-refractivity contribution in [2.24, 2.45) is 0 Å². The molecule has 224 valence electrons. The number of nitrogens with zero attached hydrogens (tertiary/aromatic N) is 3. The van der Waals surface area contributed by atoms with Gasteiger partial charge in [0.05, 0.1) is 15.7 Å². The zero-order valence-electron chi connectivity index (χ0n) is 25.7. The first-order valence-electron chi connectivity index (χ1n) is 15.2. The minimum atomic E-state index is -0.926. The molecule has 0 radical (unpaired) electrons. The maximum Gasteiger partial charge on any atom is 0.133 e. The molecule has 3 aliphatic rings. The van der Waals surface area contributed by atoms with Crippen molar-refractivity contribution >= 4 is 22.6 Å². The van der Waals surface area contributed by atoms with E-state index < -0.39 is 11.0 Å². The lowest BCUT2D eigenvalue weighted by atomic mass is 10.1. The highest BCUT2D eigenvalue weighted by Gasteiger charge is 2.23. The third-order valence-corrected chi connectivity index (χ3v) is 9.16. The number of hydrogen-bond donors (Lipinski definition) is 1. The van der Waals surface area contributed by atoms with E-state index >= 15 is 0 Å². The monoisotopic (exact) mass is 556 g/mol. The first-order chi connectivity index (χ1) is 18.0. The van der Waals surface area contributed by atoms with Gasteiger partial charge in [0, 0.05) is 31.7 Å². The van der Waals surface area contributed by atoms with Gasteiger partial charge in [-0.3, -0.25) is 9.59 Å². The van der Waals surface area contributed by atoms with E-state index in [9.17, 15) is 13.8 Å². The van der Waals surface area contributed by atoms with Gasteiger partial charge < -0.3 is 14.7 Å². The van der Waals surface area contributed by atoms with Gasteiger partial charge in [0.15, 0.2) is 0 Å². The topological polar surface area (TPSA) is 73.0 Å². The van der Waals surface area contributed by atoms with Crippen LogP contribution in [0.1, 0.15) is 111 Å². The lowest BCUT2D eigenvalue weighted by molar-refractivity contribution is -0.120. The van der Waals surface area contributed by atoms with Crippen LogP contribution >= 0.6 is 0 Å². The third kappa shape index (κ3) is 18.6. The van der Waals surface area contributed by atoms with Gasteiger partial charge in [-0.25, -0.2) is 8.93 Å². The quantitative estimate of drug-likeness (QED) is 0.526. The average molecular weight is 557 g/mol. The van der Waals surface area contributed by atoms with E-state index in [4.69, 9.17) is 0 Å². The Kier molecular flexibility index (Phi) is 18.8. The van der Waals surface area contributed by atoms with Crippen LogP contribution in [0.5, 0.6) is 0 Å². The van der Waals surface area contributed by atoms with Crippen LogP contribution in [0, 0.1) is 0 Å². The molecule has 0 spiro atoms. The van der Waals surface area contributed by atoms with Gasteiger partial charge in [-0.1, -0.05) is 6.42 Å². The molecule has 0 aliphatic carbocycles. The van der Waals surface area contributed by atoms with Crippen molar-refractivity contribution < 1.29 is 13.8 Å². The van der Waals surface area contributed by atoms with Crippen molar-refractivity contribution in [3.63, 3.8) is 0 Å². The largest absolute Gasteiger partial charge is 0.306 e. The van der Waals surface area contributed by atoms with Gasteiger partial charge >= 0.3 is 0 Å². The Labute approximate surface area is 237 Å². The zero-order valence-corrected chi connectivity index (χ0v) is 26.5. The minimum Gasteiger partial charge on any atom is -0.306 e. The molecule has 3 aliphatic heterocycles. The molecule has 3 heterocycles. The SMILES string of the molecule is CN1CCCC(=O)CCC1.CN1CCCCC(=O)CCC1.CN1CCCCC(N[S@](=O)C(C)(C)C)CCC1. The molecule has 0 bridgehead atoms. The molecule has 1 N–H and O–H groups in total. The molecule has 3 fully saturated rings. The van der Waals surface area contributed by atoms with E-state index in [0.717, 1.165) is 90.4 Å². The fraction of sp³-hybridized carbons (Fsp3) is 0.933. The Morgan fingerprint density at radius 2 is 0.974 bits per heavy atom. The number of carbonyl (C=O) groups is 2. The second-order valence-corrected chi connectivity index (χ2v) is 14.6. The standard InChI is InChI=1S/C13H28N2OS.C9H17NO.C8H15NO/c1-13(2,3)17(16)14-12-8-5-6-10-15(4)11-7-9-12;1-10-7-3-2-5-9(11)6-4-8-10;1-9-6-2-4-8(10)5-3-7-9/h12,14H,5-11H2,1-4H3;2-8H2,1H3;2-7H2,1H3/t12?,17-;;/m1../s1. The summed E-state index contributed by atoms with van der Waals surface area (Å²) in [5.74, 6) is 0.911. The van der Waals surface area contributed by atoms with Gasteiger partial charge in [-0.05, 0) is 139 Å². The number of carbonyl (C=O) groups excluding carboxylic acids is 2. The van der Waals surface area contributed by atoms with E-state index in [0.29, 0.717) is 17.6 Å². The summed E-state index contributed by atoms with van der Waals surface area (Å²) < 4.78 is 15.2. The Hall–Kier alpha value is -0.670. The molecule has 3 rings (SSSR count). The molecule has 0 aromatic carbocycles.